The van der Waals surface area contributed by atoms with E-state index in [4.69, 9.17) is 5.73 Å². The molecule has 0 aromatic heterocycles. The molecule has 1 atom stereocenters. The number of rotatable bonds is 3. The lowest BCUT2D eigenvalue weighted by molar-refractivity contribution is 0.165. The monoisotopic (exact) mass is 298 g/mol. The number of nitrogen functional groups attached to an aromatic ring is 1. The number of hydrogen-bond donors (Lipinski definition) is 2. The van der Waals surface area contributed by atoms with Crippen LogP contribution < -0.4 is 5.73 Å². The van der Waals surface area contributed by atoms with Gasteiger partial charge in [0.05, 0.1) is 5.69 Å². The standard InChI is InChI=1S/C14H22N2O3S/c1-10-6-13(15)14(7-11(10)2)20(18,19)16-5-3-4-12(8-16)9-17/h6-7,12,17H,3-5,8-9,15H2,1-2H3. The van der Waals surface area contributed by atoms with Crippen molar-refractivity contribution in [3.63, 3.8) is 0 Å². The Morgan fingerprint density at radius 1 is 1.35 bits per heavy atom. The van der Waals surface area contributed by atoms with Crippen molar-refractivity contribution in [2.24, 2.45) is 5.92 Å². The summed E-state index contributed by atoms with van der Waals surface area (Å²) in [6, 6.07) is 3.35. The van der Waals surface area contributed by atoms with Crippen LogP contribution in [0.2, 0.25) is 0 Å². The van der Waals surface area contributed by atoms with Crippen molar-refractivity contribution in [3.8, 4) is 0 Å². The summed E-state index contributed by atoms with van der Waals surface area (Å²) < 4.78 is 26.8. The predicted molar refractivity (Wildman–Crippen MR) is 78.9 cm³/mol. The molecule has 112 valence electrons. The van der Waals surface area contributed by atoms with Gasteiger partial charge in [-0.15, -0.1) is 0 Å². The third-order valence-electron chi connectivity index (χ3n) is 3.98. The number of piperidine rings is 1. The molecule has 1 unspecified atom stereocenters. The van der Waals surface area contributed by atoms with Gasteiger partial charge in [-0.25, -0.2) is 8.42 Å². The van der Waals surface area contributed by atoms with E-state index in [0.717, 1.165) is 24.0 Å². The number of aliphatic hydroxyl groups is 1. The SMILES string of the molecule is Cc1cc(N)c(S(=O)(=O)N2CCCC(CO)C2)cc1C. The summed E-state index contributed by atoms with van der Waals surface area (Å²) in [4.78, 5) is 0.180. The van der Waals surface area contributed by atoms with Crippen LogP contribution in [-0.4, -0.2) is 37.5 Å². The molecule has 1 saturated heterocycles. The zero-order valence-electron chi connectivity index (χ0n) is 12.0. The maximum atomic E-state index is 12.7. The number of aryl methyl sites for hydroxylation is 2. The van der Waals surface area contributed by atoms with Crippen LogP contribution in [0, 0.1) is 19.8 Å². The summed E-state index contributed by atoms with van der Waals surface area (Å²) in [5, 5.41) is 9.23. The predicted octanol–water partition coefficient (Wildman–Crippen LogP) is 1.28. The Balaban J connectivity index is 2.37. The lowest BCUT2D eigenvalue weighted by Crippen LogP contribution is -2.41. The topological polar surface area (TPSA) is 83.6 Å². The van der Waals surface area contributed by atoms with Crippen LogP contribution in [0.15, 0.2) is 17.0 Å². The van der Waals surface area contributed by atoms with E-state index in [-0.39, 0.29) is 17.4 Å². The Bertz CT molecular complexity index is 599. The van der Waals surface area contributed by atoms with Crippen LogP contribution in [0.3, 0.4) is 0 Å². The Kier molecular flexibility index (Phi) is 4.36. The van der Waals surface area contributed by atoms with E-state index >= 15 is 0 Å². The molecule has 0 radical (unpaired) electrons. The number of benzene rings is 1. The van der Waals surface area contributed by atoms with Gasteiger partial charge in [0.1, 0.15) is 4.90 Å². The van der Waals surface area contributed by atoms with Crippen LogP contribution in [0.4, 0.5) is 5.69 Å². The molecule has 0 amide bonds. The molecule has 1 fully saturated rings. The largest absolute Gasteiger partial charge is 0.398 e. The van der Waals surface area contributed by atoms with Crippen molar-refractivity contribution < 1.29 is 13.5 Å². The molecule has 6 heteroatoms. The molecule has 0 saturated carbocycles. The maximum Gasteiger partial charge on any atom is 0.245 e. The molecule has 1 aliphatic heterocycles. The smallest absolute Gasteiger partial charge is 0.245 e. The first-order valence-electron chi connectivity index (χ1n) is 6.84. The molecule has 1 aromatic carbocycles. The Morgan fingerprint density at radius 2 is 2.00 bits per heavy atom. The number of anilines is 1. The number of aliphatic hydroxyl groups excluding tert-OH is 1. The summed E-state index contributed by atoms with van der Waals surface area (Å²) in [5.74, 6) is 0.0197. The summed E-state index contributed by atoms with van der Waals surface area (Å²) in [7, 11) is -3.58. The highest BCUT2D eigenvalue weighted by molar-refractivity contribution is 7.89. The second kappa shape index (κ2) is 5.71. The minimum atomic E-state index is -3.58. The summed E-state index contributed by atoms with van der Waals surface area (Å²) >= 11 is 0. The molecular formula is C14H22N2O3S. The highest BCUT2D eigenvalue weighted by atomic mass is 32.2. The van der Waals surface area contributed by atoms with Gasteiger partial charge >= 0.3 is 0 Å². The van der Waals surface area contributed by atoms with E-state index in [9.17, 15) is 13.5 Å². The average molecular weight is 298 g/mol. The third-order valence-corrected chi connectivity index (χ3v) is 5.90. The van der Waals surface area contributed by atoms with Gasteiger partial charge in [-0.2, -0.15) is 4.31 Å². The van der Waals surface area contributed by atoms with Gasteiger partial charge in [-0.3, -0.25) is 0 Å². The highest BCUT2D eigenvalue weighted by Gasteiger charge is 2.31. The second-order valence-corrected chi connectivity index (χ2v) is 7.43. The van der Waals surface area contributed by atoms with Gasteiger partial charge < -0.3 is 10.8 Å². The Morgan fingerprint density at radius 3 is 2.65 bits per heavy atom. The molecule has 0 spiro atoms. The zero-order valence-corrected chi connectivity index (χ0v) is 12.8. The fourth-order valence-electron chi connectivity index (χ4n) is 2.57. The number of nitrogens with zero attached hydrogens (tertiary/aromatic N) is 1. The van der Waals surface area contributed by atoms with Crippen molar-refractivity contribution in [2.75, 3.05) is 25.4 Å². The first kappa shape index (κ1) is 15.3. The fraction of sp³-hybridized carbons (Fsp3) is 0.571. The van der Waals surface area contributed by atoms with Crippen LogP contribution in [0.25, 0.3) is 0 Å². The minimum Gasteiger partial charge on any atom is -0.398 e. The lowest BCUT2D eigenvalue weighted by Gasteiger charge is -2.31. The zero-order chi connectivity index (χ0) is 14.9. The third kappa shape index (κ3) is 2.82. The normalized spacial score (nSPS) is 21.1. The van der Waals surface area contributed by atoms with E-state index < -0.39 is 10.0 Å². The molecule has 2 rings (SSSR count). The van der Waals surface area contributed by atoms with E-state index in [0.29, 0.717) is 18.8 Å². The Labute approximate surface area is 120 Å². The fourth-order valence-corrected chi connectivity index (χ4v) is 4.31. The van der Waals surface area contributed by atoms with Gasteiger partial charge in [0, 0.05) is 19.7 Å². The van der Waals surface area contributed by atoms with Crippen LogP contribution in [0.1, 0.15) is 24.0 Å². The van der Waals surface area contributed by atoms with E-state index in [1.54, 1.807) is 12.1 Å². The molecule has 5 nitrogen and oxygen atoms in total. The van der Waals surface area contributed by atoms with Gasteiger partial charge in [0.25, 0.3) is 0 Å². The molecule has 20 heavy (non-hydrogen) atoms. The van der Waals surface area contributed by atoms with Crippen molar-refractivity contribution >= 4 is 15.7 Å². The van der Waals surface area contributed by atoms with Gasteiger partial charge in [-0.1, -0.05) is 0 Å². The van der Waals surface area contributed by atoms with Crippen molar-refractivity contribution in [3.05, 3.63) is 23.3 Å². The summed E-state index contributed by atoms with van der Waals surface area (Å²) in [5.41, 5.74) is 8.08. The molecule has 1 aliphatic rings. The van der Waals surface area contributed by atoms with Crippen molar-refractivity contribution in [2.45, 2.75) is 31.6 Å². The average Bonchev–Trinajstić information content (AvgIpc) is 2.42. The minimum absolute atomic E-state index is 0.0197. The molecular weight excluding hydrogens is 276 g/mol. The molecule has 1 heterocycles. The lowest BCUT2D eigenvalue weighted by atomic mass is 10.0. The van der Waals surface area contributed by atoms with Gasteiger partial charge in [0.15, 0.2) is 0 Å². The highest BCUT2D eigenvalue weighted by Crippen LogP contribution is 2.28. The van der Waals surface area contributed by atoms with Crippen LogP contribution in [-0.2, 0) is 10.0 Å². The Hall–Kier alpha value is -1.11. The van der Waals surface area contributed by atoms with Gasteiger partial charge in [-0.05, 0) is 55.9 Å². The van der Waals surface area contributed by atoms with E-state index in [1.807, 2.05) is 13.8 Å². The summed E-state index contributed by atoms with van der Waals surface area (Å²) in [6.45, 7) is 4.66. The molecule has 0 bridgehead atoms. The van der Waals surface area contributed by atoms with E-state index in [2.05, 4.69) is 0 Å². The van der Waals surface area contributed by atoms with Crippen molar-refractivity contribution in [1.82, 2.24) is 4.31 Å². The first-order chi connectivity index (χ1) is 9.36. The van der Waals surface area contributed by atoms with Crippen molar-refractivity contribution in [1.29, 1.82) is 0 Å². The molecule has 0 aliphatic carbocycles. The maximum absolute atomic E-state index is 12.7. The summed E-state index contributed by atoms with van der Waals surface area (Å²) in [6.07, 6.45) is 1.64. The quantitative estimate of drug-likeness (QED) is 0.823. The van der Waals surface area contributed by atoms with Crippen LogP contribution >= 0.6 is 0 Å². The molecule has 3 N–H and O–H groups in total. The van der Waals surface area contributed by atoms with E-state index in [1.165, 1.54) is 4.31 Å². The van der Waals surface area contributed by atoms with Gasteiger partial charge in [0.2, 0.25) is 10.0 Å². The van der Waals surface area contributed by atoms with Crippen LogP contribution in [0.5, 0.6) is 0 Å². The number of hydrogen-bond acceptors (Lipinski definition) is 4. The number of sulfonamides is 1. The second-order valence-electron chi connectivity index (χ2n) is 5.53. The first-order valence-corrected chi connectivity index (χ1v) is 8.28. The number of nitrogens with two attached hydrogens (primary N) is 1. The molecule has 1 aromatic rings.